The molecule has 0 unspecified atom stereocenters. The highest BCUT2D eigenvalue weighted by Crippen LogP contribution is 2.56. The van der Waals surface area contributed by atoms with Crippen LogP contribution in [-0.2, 0) is 4.43 Å². The van der Waals surface area contributed by atoms with Crippen LogP contribution in [0.5, 0.6) is 0 Å². The van der Waals surface area contributed by atoms with E-state index in [1.165, 1.54) is 69.5 Å². The molecule has 2 saturated carbocycles. The van der Waals surface area contributed by atoms with E-state index in [2.05, 4.69) is 53.3 Å². The number of hydrogen-bond donors (Lipinski definition) is 0. The van der Waals surface area contributed by atoms with Crippen molar-refractivity contribution in [3.8, 4) is 0 Å². The summed E-state index contributed by atoms with van der Waals surface area (Å²) < 4.78 is 7.01. The Morgan fingerprint density at radius 3 is 2.50 bits per heavy atom. The lowest BCUT2D eigenvalue weighted by Crippen LogP contribution is -2.47. The number of hydrogen-bond acceptors (Lipinski definition) is 1. The summed E-state index contributed by atoms with van der Waals surface area (Å²) in [4.78, 5) is 0. The first-order chi connectivity index (χ1) is 12.4. The van der Waals surface area contributed by atoms with Crippen molar-refractivity contribution < 1.29 is 4.43 Å². The highest BCUT2D eigenvalue weighted by Gasteiger charge is 2.50. The van der Waals surface area contributed by atoms with Crippen molar-refractivity contribution in [2.24, 2.45) is 17.3 Å². The van der Waals surface area contributed by atoms with Crippen LogP contribution in [0.1, 0.15) is 92.9 Å². The van der Waals surface area contributed by atoms with Crippen molar-refractivity contribution in [1.82, 2.24) is 0 Å². The molecule has 0 heterocycles. The molecule has 0 spiro atoms. The predicted molar refractivity (Wildman–Crippen MR) is 117 cm³/mol. The lowest BCUT2D eigenvalue weighted by molar-refractivity contribution is 0.0250. The second kappa shape index (κ2) is 9.76. The van der Waals surface area contributed by atoms with E-state index in [0.717, 1.165) is 11.8 Å². The van der Waals surface area contributed by atoms with E-state index >= 15 is 0 Å². The van der Waals surface area contributed by atoms with E-state index in [0.29, 0.717) is 11.5 Å². The van der Waals surface area contributed by atoms with Gasteiger partial charge in [0.15, 0.2) is 8.32 Å². The predicted octanol–water partition coefficient (Wildman–Crippen LogP) is 7.88. The third kappa shape index (κ3) is 4.94. The van der Waals surface area contributed by atoms with Crippen molar-refractivity contribution in [2.45, 2.75) is 117 Å². The molecule has 0 amide bonds. The standard InChI is InChI=1S/C24H44OSi/c1-7-26(8-2,9-3)25-23-16-13-19-24(6)21(17-18-22(23)24)15-12-10-11-14-20(4)5/h12,20,22-23H,7-11,13-14,16-19H2,1-6H3/t15?,22-,23-,24+/m0/s1. The number of fused-ring (bicyclic) bond motifs is 1. The Kier molecular flexibility index (Phi) is 8.25. The van der Waals surface area contributed by atoms with Gasteiger partial charge in [0.25, 0.3) is 0 Å². The van der Waals surface area contributed by atoms with Gasteiger partial charge in [0.2, 0.25) is 0 Å². The zero-order valence-electron chi connectivity index (χ0n) is 18.5. The average Bonchev–Trinajstić information content (AvgIpc) is 2.96. The number of allylic oxidation sites excluding steroid dienone is 1. The molecule has 0 bridgehead atoms. The molecule has 2 heteroatoms. The maximum absolute atomic E-state index is 7.01. The maximum atomic E-state index is 7.01. The van der Waals surface area contributed by atoms with Crippen LogP contribution in [-0.4, -0.2) is 14.4 Å². The Morgan fingerprint density at radius 2 is 1.88 bits per heavy atom. The fourth-order valence-electron chi connectivity index (χ4n) is 5.45. The van der Waals surface area contributed by atoms with Gasteiger partial charge in [-0.3, -0.25) is 0 Å². The van der Waals surface area contributed by atoms with Crippen molar-refractivity contribution in [3.63, 3.8) is 0 Å². The summed E-state index contributed by atoms with van der Waals surface area (Å²) in [6.45, 7) is 14.2. The molecule has 2 aliphatic carbocycles. The first-order valence-corrected chi connectivity index (χ1v) is 14.1. The van der Waals surface area contributed by atoms with Crippen LogP contribution in [0.15, 0.2) is 17.4 Å². The van der Waals surface area contributed by atoms with Crippen LogP contribution in [0, 0.1) is 17.3 Å². The third-order valence-electron chi connectivity index (χ3n) is 7.59. The minimum absolute atomic E-state index is 0.354. The van der Waals surface area contributed by atoms with E-state index in [1.54, 1.807) is 5.57 Å². The SMILES string of the molecule is CC[Si](CC)(CC)O[C@H]1CCC[C@]2(C)C(=C=CCCCC(C)C)CC[C@@H]12. The summed E-state index contributed by atoms with van der Waals surface area (Å²) >= 11 is 0. The number of unbranched alkanes of at least 4 members (excludes halogenated alkanes) is 1. The number of rotatable bonds is 9. The zero-order valence-corrected chi connectivity index (χ0v) is 19.5. The van der Waals surface area contributed by atoms with E-state index in [9.17, 15) is 0 Å². The Balaban J connectivity index is 2.08. The fourth-order valence-corrected chi connectivity index (χ4v) is 8.38. The molecule has 0 N–H and O–H groups in total. The summed E-state index contributed by atoms with van der Waals surface area (Å²) in [7, 11) is -1.50. The smallest absolute Gasteiger partial charge is 0.192 e. The molecule has 0 aliphatic heterocycles. The molecule has 0 aromatic rings. The monoisotopic (exact) mass is 376 g/mol. The summed E-state index contributed by atoms with van der Waals surface area (Å²) in [5.41, 5.74) is 5.73. The maximum Gasteiger partial charge on any atom is 0.192 e. The van der Waals surface area contributed by atoms with Crippen LogP contribution >= 0.6 is 0 Å². The summed E-state index contributed by atoms with van der Waals surface area (Å²) in [6, 6.07) is 3.83. The van der Waals surface area contributed by atoms with E-state index in [1.807, 2.05) is 0 Å². The van der Waals surface area contributed by atoms with Gasteiger partial charge in [-0.1, -0.05) is 54.4 Å². The van der Waals surface area contributed by atoms with Gasteiger partial charge in [-0.25, -0.2) is 0 Å². The largest absolute Gasteiger partial charge is 0.414 e. The van der Waals surface area contributed by atoms with Gasteiger partial charge >= 0.3 is 0 Å². The van der Waals surface area contributed by atoms with Gasteiger partial charge in [-0.05, 0) is 80.1 Å². The van der Waals surface area contributed by atoms with Gasteiger partial charge in [-0.15, -0.1) is 5.73 Å². The van der Waals surface area contributed by atoms with Gasteiger partial charge in [0.1, 0.15) is 0 Å². The van der Waals surface area contributed by atoms with E-state index in [-0.39, 0.29) is 0 Å². The topological polar surface area (TPSA) is 9.23 Å². The Bertz CT molecular complexity index is 490. The lowest BCUT2D eigenvalue weighted by atomic mass is 9.66. The first-order valence-electron chi connectivity index (χ1n) is 11.5. The molecule has 0 aromatic carbocycles. The molecule has 2 rings (SSSR count). The summed E-state index contributed by atoms with van der Waals surface area (Å²) in [5.74, 6) is 1.56. The quantitative estimate of drug-likeness (QED) is 0.226. The molecule has 1 nitrogen and oxygen atoms in total. The summed E-state index contributed by atoms with van der Waals surface area (Å²) in [6.07, 6.45) is 13.2. The van der Waals surface area contributed by atoms with Gasteiger partial charge in [-0.2, -0.15) is 0 Å². The van der Waals surface area contributed by atoms with Crippen molar-refractivity contribution in [1.29, 1.82) is 0 Å². The van der Waals surface area contributed by atoms with Crippen LogP contribution < -0.4 is 0 Å². The average molecular weight is 377 g/mol. The summed E-state index contributed by atoms with van der Waals surface area (Å²) in [5, 5.41) is 0. The van der Waals surface area contributed by atoms with Crippen LogP contribution in [0.2, 0.25) is 18.1 Å². The van der Waals surface area contributed by atoms with Gasteiger partial charge < -0.3 is 4.43 Å². The third-order valence-corrected chi connectivity index (χ3v) is 12.3. The molecule has 2 aliphatic rings. The highest BCUT2D eigenvalue weighted by atomic mass is 28.4. The van der Waals surface area contributed by atoms with Crippen LogP contribution in [0.4, 0.5) is 0 Å². The molecular formula is C24H44OSi. The molecule has 0 saturated heterocycles. The molecular weight excluding hydrogens is 332 g/mol. The van der Waals surface area contributed by atoms with Crippen LogP contribution in [0.25, 0.3) is 0 Å². The minimum atomic E-state index is -1.50. The van der Waals surface area contributed by atoms with Crippen molar-refractivity contribution in [3.05, 3.63) is 17.4 Å². The second-order valence-corrected chi connectivity index (χ2v) is 14.2. The van der Waals surface area contributed by atoms with E-state index < -0.39 is 8.32 Å². The zero-order chi connectivity index (χ0) is 19.2. The Hall–Kier alpha value is -0.303. The highest BCUT2D eigenvalue weighted by molar-refractivity contribution is 6.73. The molecule has 3 atom stereocenters. The lowest BCUT2D eigenvalue weighted by Gasteiger charge is -2.45. The minimum Gasteiger partial charge on any atom is -0.414 e. The molecule has 0 aromatic heterocycles. The fraction of sp³-hybridized carbons (Fsp3) is 0.875. The van der Waals surface area contributed by atoms with Gasteiger partial charge in [0.05, 0.1) is 0 Å². The normalized spacial score (nSPS) is 29.0. The molecule has 2 fully saturated rings. The Labute approximate surface area is 164 Å². The molecule has 150 valence electrons. The van der Waals surface area contributed by atoms with Crippen molar-refractivity contribution in [2.75, 3.05) is 0 Å². The Morgan fingerprint density at radius 1 is 1.19 bits per heavy atom. The van der Waals surface area contributed by atoms with Crippen LogP contribution in [0.3, 0.4) is 0 Å². The molecule has 0 radical (unpaired) electrons. The van der Waals surface area contributed by atoms with Gasteiger partial charge in [0, 0.05) is 11.5 Å². The van der Waals surface area contributed by atoms with E-state index in [4.69, 9.17) is 4.43 Å². The first kappa shape index (κ1) is 22.0. The van der Waals surface area contributed by atoms with Crippen molar-refractivity contribution >= 4 is 8.32 Å². The second-order valence-electron chi connectivity index (χ2n) is 9.51. The molecule has 26 heavy (non-hydrogen) atoms.